The van der Waals surface area contributed by atoms with E-state index in [0.29, 0.717) is 11.1 Å². The van der Waals surface area contributed by atoms with Gasteiger partial charge in [0.25, 0.3) is 0 Å². The van der Waals surface area contributed by atoms with Gasteiger partial charge in [-0.15, -0.1) is 0 Å². The molecule has 27 heavy (non-hydrogen) atoms. The summed E-state index contributed by atoms with van der Waals surface area (Å²) < 4.78 is 28.1. The minimum absolute atomic E-state index is 0.0858. The van der Waals surface area contributed by atoms with Crippen molar-refractivity contribution in [1.82, 2.24) is 5.32 Å². The smallest absolute Gasteiger partial charge is 0.407 e. The Labute approximate surface area is 158 Å². The molecule has 0 saturated heterocycles. The Hall–Kier alpha value is -2.42. The van der Waals surface area contributed by atoms with Crippen LogP contribution in [0.1, 0.15) is 22.8 Å². The van der Waals surface area contributed by atoms with Gasteiger partial charge in [-0.3, -0.25) is 0 Å². The first-order valence-corrected chi connectivity index (χ1v) is 10.4. The van der Waals surface area contributed by atoms with Gasteiger partial charge in [0, 0.05) is 12.8 Å². The molecule has 0 aliphatic carbocycles. The number of sulfone groups is 1. The van der Waals surface area contributed by atoms with Crippen molar-refractivity contribution in [1.29, 1.82) is 0 Å². The van der Waals surface area contributed by atoms with Crippen LogP contribution in [0, 0.1) is 0 Å². The van der Waals surface area contributed by atoms with Crippen LogP contribution in [-0.2, 0) is 26.9 Å². The van der Waals surface area contributed by atoms with E-state index in [0.717, 1.165) is 11.8 Å². The summed E-state index contributed by atoms with van der Waals surface area (Å²) in [5.41, 5.74) is 1.52. The van der Waals surface area contributed by atoms with E-state index in [2.05, 4.69) is 5.32 Å². The molecule has 0 aliphatic rings. The SMILES string of the molecule is CS(=O)(=O)Cc1ccccc1C(O)C(O)CNC(=O)OCc1ccccc1. The molecule has 2 unspecified atom stereocenters. The lowest BCUT2D eigenvalue weighted by Gasteiger charge is -2.21. The van der Waals surface area contributed by atoms with Gasteiger partial charge in [-0.05, 0) is 16.7 Å². The van der Waals surface area contributed by atoms with E-state index in [1.807, 2.05) is 30.3 Å². The largest absolute Gasteiger partial charge is 0.445 e. The van der Waals surface area contributed by atoms with Crippen molar-refractivity contribution in [2.45, 2.75) is 24.6 Å². The van der Waals surface area contributed by atoms with Gasteiger partial charge in [0.15, 0.2) is 9.84 Å². The van der Waals surface area contributed by atoms with E-state index < -0.39 is 28.1 Å². The summed E-state index contributed by atoms with van der Waals surface area (Å²) in [6, 6.07) is 15.5. The lowest BCUT2D eigenvalue weighted by molar-refractivity contribution is 0.0180. The number of hydrogen-bond acceptors (Lipinski definition) is 6. The van der Waals surface area contributed by atoms with Crippen molar-refractivity contribution in [3.8, 4) is 0 Å². The molecule has 0 heterocycles. The zero-order chi connectivity index (χ0) is 19.9. The Morgan fingerprint density at radius 2 is 1.70 bits per heavy atom. The molecular formula is C19H23NO6S. The maximum atomic E-state index is 11.7. The third kappa shape index (κ3) is 7.01. The van der Waals surface area contributed by atoms with Crippen LogP contribution in [0.2, 0.25) is 0 Å². The number of ether oxygens (including phenoxy) is 1. The molecular weight excluding hydrogens is 370 g/mol. The number of carbonyl (C=O) groups is 1. The second kappa shape index (κ2) is 9.50. The van der Waals surface area contributed by atoms with Crippen LogP contribution in [-0.4, -0.2) is 43.6 Å². The lowest BCUT2D eigenvalue weighted by Crippen LogP contribution is -2.36. The summed E-state index contributed by atoms with van der Waals surface area (Å²) >= 11 is 0. The second-order valence-corrected chi connectivity index (χ2v) is 8.36. The number of carbonyl (C=O) groups excluding carboxylic acids is 1. The standard InChI is InChI=1S/C19H23NO6S/c1-27(24,25)13-15-9-5-6-10-16(15)18(22)17(21)11-20-19(23)26-12-14-7-3-2-4-8-14/h2-10,17-18,21-22H,11-13H2,1H3,(H,20,23). The van der Waals surface area contributed by atoms with Crippen molar-refractivity contribution in [3.63, 3.8) is 0 Å². The van der Waals surface area contributed by atoms with Gasteiger partial charge in [-0.2, -0.15) is 0 Å². The fourth-order valence-corrected chi connectivity index (χ4v) is 3.35. The molecule has 7 nitrogen and oxygen atoms in total. The maximum Gasteiger partial charge on any atom is 0.407 e. The molecule has 2 aromatic rings. The first-order valence-electron chi connectivity index (χ1n) is 8.32. The summed E-state index contributed by atoms with van der Waals surface area (Å²) in [5, 5.41) is 22.9. The summed E-state index contributed by atoms with van der Waals surface area (Å²) in [5.74, 6) is -0.250. The predicted molar refractivity (Wildman–Crippen MR) is 101 cm³/mol. The van der Waals surface area contributed by atoms with Gasteiger partial charge in [0.1, 0.15) is 18.8 Å². The second-order valence-electron chi connectivity index (χ2n) is 6.22. The number of aliphatic hydroxyl groups excluding tert-OH is 2. The minimum Gasteiger partial charge on any atom is -0.445 e. The highest BCUT2D eigenvalue weighted by Gasteiger charge is 2.23. The highest BCUT2D eigenvalue weighted by atomic mass is 32.2. The van der Waals surface area contributed by atoms with Gasteiger partial charge < -0.3 is 20.3 Å². The highest BCUT2D eigenvalue weighted by molar-refractivity contribution is 7.89. The monoisotopic (exact) mass is 393 g/mol. The summed E-state index contributed by atoms with van der Waals surface area (Å²) in [6.07, 6.45) is -2.31. The van der Waals surface area contributed by atoms with Gasteiger partial charge in [-0.25, -0.2) is 13.2 Å². The van der Waals surface area contributed by atoms with E-state index in [1.54, 1.807) is 24.3 Å². The molecule has 3 N–H and O–H groups in total. The summed E-state index contributed by atoms with van der Waals surface area (Å²) in [6.45, 7) is -0.162. The zero-order valence-corrected chi connectivity index (χ0v) is 15.7. The van der Waals surface area contributed by atoms with Crippen molar-refractivity contribution >= 4 is 15.9 Å². The van der Waals surface area contributed by atoms with Gasteiger partial charge in [0.2, 0.25) is 0 Å². The first kappa shape index (κ1) is 20.9. The number of aliphatic hydroxyl groups is 2. The van der Waals surface area contributed by atoms with Crippen LogP contribution in [0.5, 0.6) is 0 Å². The third-order valence-electron chi connectivity index (χ3n) is 3.82. The molecule has 0 saturated carbocycles. The molecule has 0 aliphatic heterocycles. The van der Waals surface area contributed by atoms with E-state index in [9.17, 15) is 23.4 Å². The third-order valence-corrected chi connectivity index (χ3v) is 4.66. The molecule has 0 bridgehead atoms. The van der Waals surface area contributed by atoms with Crippen molar-refractivity contribution in [3.05, 3.63) is 71.3 Å². The zero-order valence-electron chi connectivity index (χ0n) is 14.9. The van der Waals surface area contributed by atoms with Crippen LogP contribution in [0.3, 0.4) is 0 Å². The predicted octanol–water partition coefficient (Wildman–Crippen LogP) is 1.55. The van der Waals surface area contributed by atoms with Crippen molar-refractivity contribution in [2.24, 2.45) is 0 Å². The Balaban J connectivity index is 1.90. The molecule has 0 spiro atoms. The summed E-state index contributed by atoms with van der Waals surface area (Å²) in [7, 11) is -3.30. The molecule has 0 radical (unpaired) electrons. The van der Waals surface area contributed by atoms with E-state index in [-0.39, 0.29) is 18.9 Å². The average Bonchev–Trinajstić information content (AvgIpc) is 2.64. The fraction of sp³-hybridized carbons (Fsp3) is 0.316. The number of nitrogens with one attached hydrogen (secondary N) is 1. The quantitative estimate of drug-likeness (QED) is 0.627. The minimum atomic E-state index is -3.30. The van der Waals surface area contributed by atoms with Gasteiger partial charge >= 0.3 is 6.09 Å². The van der Waals surface area contributed by atoms with Gasteiger partial charge in [-0.1, -0.05) is 54.6 Å². The molecule has 0 fully saturated rings. The Morgan fingerprint density at radius 3 is 2.37 bits per heavy atom. The molecule has 2 aromatic carbocycles. The van der Waals surface area contributed by atoms with Crippen LogP contribution in [0.15, 0.2) is 54.6 Å². The molecule has 146 valence electrons. The van der Waals surface area contributed by atoms with E-state index in [4.69, 9.17) is 4.74 Å². The van der Waals surface area contributed by atoms with E-state index in [1.165, 1.54) is 0 Å². The first-order chi connectivity index (χ1) is 12.8. The molecule has 8 heteroatoms. The van der Waals surface area contributed by atoms with E-state index >= 15 is 0 Å². The number of rotatable bonds is 8. The number of hydrogen-bond donors (Lipinski definition) is 3. The number of benzene rings is 2. The fourth-order valence-electron chi connectivity index (χ4n) is 2.52. The average molecular weight is 393 g/mol. The van der Waals surface area contributed by atoms with Gasteiger partial charge in [0.05, 0.1) is 5.75 Å². The Kier molecular flexibility index (Phi) is 7.35. The lowest BCUT2D eigenvalue weighted by atomic mass is 9.99. The maximum absolute atomic E-state index is 11.7. The molecule has 2 rings (SSSR count). The van der Waals surface area contributed by atoms with Crippen LogP contribution < -0.4 is 5.32 Å². The van der Waals surface area contributed by atoms with Crippen molar-refractivity contribution < 1.29 is 28.2 Å². The Morgan fingerprint density at radius 1 is 1.07 bits per heavy atom. The topological polar surface area (TPSA) is 113 Å². The molecule has 0 aromatic heterocycles. The number of amides is 1. The van der Waals surface area contributed by atoms with Crippen LogP contribution in [0.25, 0.3) is 0 Å². The normalized spacial score (nSPS) is 13.6. The highest BCUT2D eigenvalue weighted by Crippen LogP contribution is 2.22. The molecule has 1 amide bonds. The van der Waals surface area contributed by atoms with Crippen LogP contribution >= 0.6 is 0 Å². The van der Waals surface area contributed by atoms with Crippen LogP contribution in [0.4, 0.5) is 4.79 Å². The Bertz CT molecular complexity index is 854. The van der Waals surface area contributed by atoms with Crippen molar-refractivity contribution in [2.75, 3.05) is 12.8 Å². The summed E-state index contributed by atoms with van der Waals surface area (Å²) in [4.78, 5) is 11.7. The molecule has 2 atom stereocenters. The number of alkyl carbamates (subject to hydrolysis) is 1.